The third-order valence-electron chi connectivity index (χ3n) is 5.93. The zero-order valence-corrected chi connectivity index (χ0v) is 18.9. The summed E-state index contributed by atoms with van der Waals surface area (Å²) in [5.74, 6) is -0.307. The second kappa shape index (κ2) is 9.49. The van der Waals surface area contributed by atoms with Crippen LogP contribution in [0.2, 0.25) is 0 Å². The maximum atomic E-state index is 13.8. The van der Waals surface area contributed by atoms with Gasteiger partial charge < -0.3 is 0 Å². The Morgan fingerprint density at radius 1 is 0.938 bits per heavy atom. The Kier molecular flexibility index (Phi) is 6.51. The van der Waals surface area contributed by atoms with Crippen LogP contribution in [0.25, 0.3) is 11.0 Å². The summed E-state index contributed by atoms with van der Waals surface area (Å²) < 4.78 is 17.5. The van der Waals surface area contributed by atoms with E-state index in [9.17, 15) is 9.18 Å². The van der Waals surface area contributed by atoms with Crippen molar-refractivity contribution < 1.29 is 4.39 Å². The Labute approximate surface area is 187 Å². The smallest absolute Gasteiger partial charge is 0.252 e. The van der Waals surface area contributed by atoms with Crippen molar-refractivity contribution in [2.24, 2.45) is 0 Å². The molecule has 0 spiro atoms. The molecule has 0 unspecified atom stereocenters. The quantitative estimate of drug-likeness (QED) is 0.409. The minimum atomic E-state index is -0.307. The highest BCUT2D eigenvalue weighted by Crippen LogP contribution is 2.24. The van der Waals surface area contributed by atoms with E-state index in [4.69, 9.17) is 5.10 Å². The molecule has 0 aliphatic carbocycles. The lowest BCUT2D eigenvalue weighted by Gasteiger charge is -2.20. The Hall–Kier alpha value is -3.25. The topological polar surface area (TPSA) is 43.1 Å². The summed E-state index contributed by atoms with van der Waals surface area (Å²) in [6, 6.07) is 18.2. The van der Waals surface area contributed by atoms with Crippen LogP contribution in [0.4, 0.5) is 4.39 Å². The second-order valence-electron chi connectivity index (χ2n) is 8.11. The first kappa shape index (κ1) is 22.0. The van der Waals surface area contributed by atoms with Gasteiger partial charge in [-0.3, -0.25) is 14.3 Å². The van der Waals surface area contributed by atoms with Crippen LogP contribution in [0.5, 0.6) is 0 Å². The Morgan fingerprint density at radius 2 is 1.66 bits per heavy atom. The molecule has 0 bridgehead atoms. The Balaban J connectivity index is 1.91. The fraction of sp³-hybridized carbons (Fsp3) is 0.308. The molecule has 6 heteroatoms. The largest absolute Gasteiger partial charge is 0.300 e. The minimum absolute atomic E-state index is 0.0990. The van der Waals surface area contributed by atoms with Crippen molar-refractivity contribution in [3.63, 3.8) is 0 Å². The molecule has 32 heavy (non-hydrogen) atoms. The van der Waals surface area contributed by atoms with Crippen molar-refractivity contribution in [3.8, 4) is 0 Å². The van der Waals surface area contributed by atoms with Crippen LogP contribution < -0.4 is 5.56 Å². The van der Waals surface area contributed by atoms with Crippen LogP contribution in [-0.4, -0.2) is 32.3 Å². The molecule has 4 aromatic rings. The van der Waals surface area contributed by atoms with E-state index >= 15 is 0 Å². The predicted molar refractivity (Wildman–Crippen MR) is 126 cm³/mol. The van der Waals surface area contributed by atoms with Gasteiger partial charge in [0.2, 0.25) is 0 Å². The van der Waals surface area contributed by atoms with Crippen LogP contribution in [0.3, 0.4) is 0 Å². The van der Waals surface area contributed by atoms with E-state index in [0.29, 0.717) is 19.6 Å². The van der Waals surface area contributed by atoms with E-state index in [0.717, 1.165) is 46.5 Å². The maximum Gasteiger partial charge on any atom is 0.252 e. The van der Waals surface area contributed by atoms with Gasteiger partial charge in [-0.05, 0) is 48.8 Å². The van der Waals surface area contributed by atoms with E-state index in [1.165, 1.54) is 12.1 Å². The number of halogens is 1. The SMILES string of the molecule is CCN(CC)Cc1cc(=O)n(Cc2cccc(F)c2)c2c1c(C)nn2Cc1ccccc1. The summed E-state index contributed by atoms with van der Waals surface area (Å²) in [7, 11) is 0. The van der Waals surface area contributed by atoms with Gasteiger partial charge in [0.05, 0.1) is 18.8 Å². The molecule has 0 amide bonds. The fourth-order valence-electron chi connectivity index (χ4n) is 4.27. The number of aryl methyl sites for hydroxylation is 1. The summed E-state index contributed by atoms with van der Waals surface area (Å²) in [6.45, 7) is 9.59. The minimum Gasteiger partial charge on any atom is -0.300 e. The number of nitrogens with zero attached hydrogens (tertiary/aromatic N) is 4. The lowest BCUT2D eigenvalue weighted by Crippen LogP contribution is -2.27. The molecule has 2 heterocycles. The van der Waals surface area contributed by atoms with Gasteiger partial charge in [0, 0.05) is 18.0 Å². The van der Waals surface area contributed by atoms with Crippen molar-refractivity contribution in [3.05, 3.63) is 99.2 Å². The molecule has 2 aromatic heterocycles. The van der Waals surface area contributed by atoms with E-state index in [2.05, 4.69) is 30.9 Å². The molecule has 2 aromatic carbocycles. The molecule has 0 aliphatic heterocycles. The third-order valence-corrected chi connectivity index (χ3v) is 5.93. The van der Waals surface area contributed by atoms with Crippen molar-refractivity contribution >= 4 is 11.0 Å². The van der Waals surface area contributed by atoms with E-state index in [1.807, 2.05) is 35.9 Å². The molecule has 0 aliphatic rings. The number of aromatic nitrogens is 3. The van der Waals surface area contributed by atoms with Crippen LogP contribution in [-0.2, 0) is 19.6 Å². The molecule has 0 saturated heterocycles. The van der Waals surface area contributed by atoms with Crippen LogP contribution >= 0.6 is 0 Å². The molecule has 0 radical (unpaired) electrons. The highest BCUT2D eigenvalue weighted by molar-refractivity contribution is 5.82. The van der Waals surface area contributed by atoms with Gasteiger partial charge in [-0.15, -0.1) is 0 Å². The molecule has 166 valence electrons. The van der Waals surface area contributed by atoms with Gasteiger partial charge in [-0.2, -0.15) is 5.10 Å². The van der Waals surface area contributed by atoms with Crippen LogP contribution in [0, 0.1) is 12.7 Å². The highest BCUT2D eigenvalue weighted by Gasteiger charge is 2.19. The first-order chi connectivity index (χ1) is 15.5. The highest BCUT2D eigenvalue weighted by atomic mass is 19.1. The lowest BCUT2D eigenvalue weighted by atomic mass is 10.1. The van der Waals surface area contributed by atoms with Crippen LogP contribution in [0.15, 0.2) is 65.5 Å². The average molecular weight is 433 g/mol. The van der Waals surface area contributed by atoms with Gasteiger partial charge in [-0.25, -0.2) is 9.07 Å². The molecule has 4 rings (SSSR count). The number of benzene rings is 2. The van der Waals surface area contributed by atoms with Gasteiger partial charge in [-0.1, -0.05) is 56.3 Å². The maximum absolute atomic E-state index is 13.8. The summed E-state index contributed by atoms with van der Waals surface area (Å²) in [6.07, 6.45) is 0. The van der Waals surface area contributed by atoms with Gasteiger partial charge in [0.15, 0.2) is 0 Å². The summed E-state index contributed by atoms with van der Waals surface area (Å²) in [5, 5.41) is 5.83. The molecule has 0 N–H and O–H groups in total. The normalized spacial score (nSPS) is 11.5. The Morgan fingerprint density at radius 3 is 2.34 bits per heavy atom. The number of hydrogen-bond donors (Lipinski definition) is 0. The zero-order valence-electron chi connectivity index (χ0n) is 18.9. The lowest BCUT2D eigenvalue weighted by molar-refractivity contribution is 0.296. The molecule has 0 atom stereocenters. The van der Waals surface area contributed by atoms with Crippen LogP contribution in [0.1, 0.15) is 36.2 Å². The monoisotopic (exact) mass is 432 g/mol. The van der Waals surface area contributed by atoms with Crippen molar-refractivity contribution in [2.75, 3.05) is 13.1 Å². The zero-order chi connectivity index (χ0) is 22.7. The number of rotatable bonds is 8. The first-order valence-corrected chi connectivity index (χ1v) is 11.1. The van der Waals surface area contributed by atoms with Crippen molar-refractivity contribution in [1.29, 1.82) is 0 Å². The van der Waals surface area contributed by atoms with E-state index < -0.39 is 0 Å². The van der Waals surface area contributed by atoms with Crippen molar-refractivity contribution in [1.82, 2.24) is 19.2 Å². The predicted octanol–water partition coefficient (Wildman–Crippen LogP) is 4.58. The fourth-order valence-corrected chi connectivity index (χ4v) is 4.27. The summed E-state index contributed by atoms with van der Waals surface area (Å²) in [5.41, 5.74) is 4.42. The summed E-state index contributed by atoms with van der Waals surface area (Å²) >= 11 is 0. The third kappa shape index (κ3) is 4.50. The van der Waals surface area contributed by atoms with Crippen molar-refractivity contribution in [2.45, 2.75) is 40.4 Å². The molecule has 0 fully saturated rings. The average Bonchev–Trinajstić information content (AvgIpc) is 3.11. The Bertz CT molecular complexity index is 1270. The first-order valence-electron chi connectivity index (χ1n) is 11.1. The number of hydrogen-bond acceptors (Lipinski definition) is 3. The number of pyridine rings is 1. The number of fused-ring (bicyclic) bond motifs is 1. The standard InChI is InChI=1S/C26H29FN4O/c1-4-29(5-2)18-22-15-24(32)30(16-21-12-9-13-23(27)14-21)26-25(22)19(3)28-31(26)17-20-10-7-6-8-11-20/h6-15H,4-5,16-18H2,1-3H3. The van der Waals surface area contributed by atoms with Gasteiger partial charge in [0.1, 0.15) is 11.5 Å². The molecular weight excluding hydrogens is 403 g/mol. The van der Waals surface area contributed by atoms with E-state index in [1.54, 1.807) is 16.7 Å². The summed E-state index contributed by atoms with van der Waals surface area (Å²) in [4.78, 5) is 15.6. The van der Waals surface area contributed by atoms with E-state index in [-0.39, 0.29) is 11.4 Å². The molecular formula is C26H29FN4O. The molecule has 5 nitrogen and oxygen atoms in total. The van der Waals surface area contributed by atoms with Gasteiger partial charge >= 0.3 is 0 Å². The van der Waals surface area contributed by atoms with Gasteiger partial charge in [0.25, 0.3) is 5.56 Å². The molecule has 0 saturated carbocycles. The second-order valence-corrected chi connectivity index (χ2v) is 8.11.